The van der Waals surface area contributed by atoms with Gasteiger partial charge in [0.05, 0.1) is 17.1 Å². The standard InChI is InChI=1S/C12H15N3OS/c1-3-6-15-11(4-5-13-15)12(16)7-10-8-17-9(2)14-10/h4-5,8H,3,6-7H2,1-2H3. The molecule has 0 fully saturated rings. The third kappa shape index (κ3) is 2.79. The number of carbonyl (C=O) groups excluding carboxylic acids is 1. The van der Waals surface area contributed by atoms with E-state index in [1.54, 1.807) is 28.3 Å². The summed E-state index contributed by atoms with van der Waals surface area (Å²) in [5.74, 6) is 0.0845. The maximum atomic E-state index is 12.1. The molecule has 5 heteroatoms. The summed E-state index contributed by atoms with van der Waals surface area (Å²) in [6, 6.07) is 1.78. The van der Waals surface area contributed by atoms with E-state index in [9.17, 15) is 4.79 Å². The molecular weight excluding hydrogens is 234 g/mol. The van der Waals surface area contributed by atoms with Crippen LogP contribution < -0.4 is 0 Å². The molecule has 0 aliphatic heterocycles. The van der Waals surface area contributed by atoms with Crippen LogP contribution in [-0.2, 0) is 13.0 Å². The zero-order valence-corrected chi connectivity index (χ0v) is 10.8. The van der Waals surface area contributed by atoms with Crippen molar-refractivity contribution in [2.45, 2.75) is 33.2 Å². The summed E-state index contributed by atoms with van der Waals surface area (Å²) < 4.78 is 1.77. The second-order valence-electron chi connectivity index (χ2n) is 3.90. The Hall–Kier alpha value is -1.49. The minimum atomic E-state index is 0.0845. The number of ketones is 1. The molecule has 4 nitrogen and oxygen atoms in total. The lowest BCUT2D eigenvalue weighted by Gasteiger charge is -2.03. The van der Waals surface area contributed by atoms with E-state index < -0.39 is 0 Å². The number of hydrogen-bond acceptors (Lipinski definition) is 4. The number of aryl methyl sites for hydroxylation is 2. The molecule has 0 atom stereocenters. The zero-order chi connectivity index (χ0) is 12.3. The SMILES string of the molecule is CCCn1nccc1C(=O)Cc1csc(C)n1. The van der Waals surface area contributed by atoms with E-state index in [2.05, 4.69) is 17.0 Å². The summed E-state index contributed by atoms with van der Waals surface area (Å²) in [4.78, 5) is 16.4. The van der Waals surface area contributed by atoms with E-state index in [-0.39, 0.29) is 5.78 Å². The smallest absolute Gasteiger partial charge is 0.186 e. The van der Waals surface area contributed by atoms with Gasteiger partial charge >= 0.3 is 0 Å². The third-order valence-corrected chi connectivity index (χ3v) is 3.27. The summed E-state index contributed by atoms with van der Waals surface area (Å²) >= 11 is 1.57. The minimum absolute atomic E-state index is 0.0845. The first-order valence-corrected chi connectivity index (χ1v) is 6.54. The highest BCUT2D eigenvalue weighted by Gasteiger charge is 2.13. The molecule has 0 spiro atoms. The van der Waals surface area contributed by atoms with Gasteiger partial charge in [0, 0.05) is 18.1 Å². The molecule has 0 unspecified atom stereocenters. The first kappa shape index (κ1) is 12.0. The van der Waals surface area contributed by atoms with Crippen LogP contribution in [0.25, 0.3) is 0 Å². The van der Waals surface area contributed by atoms with Gasteiger partial charge in [-0.05, 0) is 19.4 Å². The topological polar surface area (TPSA) is 47.8 Å². The fourth-order valence-corrected chi connectivity index (χ4v) is 2.32. The summed E-state index contributed by atoms with van der Waals surface area (Å²) in [5, 5.41) is 7.09. The van der Waals surface area contributed by atoms with E-state index in [0.29, 0.717) is 12.1 Å². The number of thiazole rings is 1. The van der Waals surface area contributed by atoms with Crippen LogP contribution in [0.4, 0.5) is 0 Å². The average molecular weight is 249 g/mol. The van der Waals surface area contributed by atoms with Gasteiger partial charge in [-0.25, -0.2) is 4.98 Å². The Labute approximate surface area is 104 Å². The molecule has 0 aliphatic carbocycles. The quantitative estimate of drug-likeness (QED) is 0.765. The molecule has 2 heterocycles. The molecule has 90 valence electrons. The first-order chi connectivity index (χ1) is 8.20. The fraction of sp³-hybridized carbons (Fsp3) is 0.417. The number of carbonyl (C=O) groups is 1. The monoisotopic (exact) mass is 249 g/mol. The summed E-state index contributed by atoms with van der Waals surface area (Å²) in [5.41, 5.74) is 1.53. The molecule has 0 aromatic carbocycles. The third-order valence-electron chi connectivity index (χ3n) is 2.45. The molecular formula is C12H15N3OS. The van der Waals surface area contributed by atoms with Gasteiger partial charge in [-0.2, -0.15) is 5.10 Å². The number of hydrogen-bond donors (Lipinski definition) is 0. The van der Waals surface area contributed by atoms with Gasteiger partial charge in [-0.3, -0.25) is 9.48 Å². The number of rotatable bonds is 5. The van der Waals surface area contributed by atoms with Crippen molar-refractivity contribution < 1.29 is 4.79 Å². The van der Waals surface area contributed by atoms with E-state index in [0.717, 1.165) is 23.7 Å². The van der Waals surface area contributed by atoms with Gasteiger partial charge in [-0.15, -0.1) is 11.3 Å². The largest absolute Gasteiger partial charge is 0.292 e. The molecule has 0 bridgehead atoms. The molecule has 2 aromatic heterocycles. The molecule has 0 aliphatic rings. The van der Waals surface area contributed by atoms with Gasteiger partial charge in [-0.1, -0.05) is 6.92 Å². The second kappa shape index (κ2) is 5.23. The second-order valence-corrected chi connectivity index (χ2v) is 4.96. The highest BCUT2D eigenvalue weighted by molar-refractivity contribution is 7.09. The van der Waals surface area contributed by atoms with Crippen LogP contribution in [0.15, 0.2) is 17.6 Å². The lowest BCUT2D eigenvalue weighted by Crippen LogP contribution is -2.12. The van der Waals surface area contributed by atoms with Crippen molar-refractivity contribution in [1.82, 2.24) is 14.8 Å². The van der Waals surface area contributed by atoms with Crippen LogP contribution >= 0.6 is 11.3 Å². The van der Waals surface area contributed by atoms with Crippen molar-refractivity contribution in [2.24, 2.45) is 0 Å². The van der Waals surface area contributed by atoms with Crippen molar-refractivity contribution in [1.29, 1.82) is 0 Å². The van der Waals surface area contributed by atoms with Crippen LogP contribution in [0, 0.1) is 6.92 Å². The van der Waals surface area contributed by atoms with Crippen molar-refractivity contribution in [3.63, 3.8) is 0 Å². The molecule has 0 amide bonds. The Bertz CT molecular complexity index is 515. The number of Topliss-reactive ketones (excluding diaryl/α,β-unsaturated/α-hetero) is 1. The van der Waals surface area contributed by atoms with Gasteiger partial charge < -0.3 is 0 Å². The van der Waals surface area contributed by atoms with Crippen LogP contribution in [0.2, 0.25) is 0 Å². The summed E-state index contributed by atoms with van der Waals surface area (Å²) in [6.45, 7) is 4.80. The van der Waals surface area contributed by atoms with Crippen molar-refractivity contribution in [2.75, 3.05) is 0 Å². The van der Waals surface area contributed by atoms with Crippen LogP contribution in [0.5, 0.6) is 0 Å². The van der Waals surface area contributed by atoms with Gasteiger partial charge in [0.1, 0.15) is 5.69 Å². The van der Waals surface area contributed by atoms with Crippen LogP contribution in [-0.4, -0.2) is 20.5 Å². The highest BCUT2D eigenvalue weighted by atomic mass is 32.1. The number of aromatic nitrogens is 3. The van der Waals surface area contributed by atoms with Gasteiger partial charge in [0.15, 0.2) is 5.78 Å². The summed E-state index contributed by atoms with van der Waals surface area (Å²) in [6.07, 6.45) is 3.01. The van der Waals surface area contributed by atoms with Crippen molar-refractivity contribution in [3.8, 4) is 0 Å². The maximum Gasteiger partial charge on any atom is 0.186 e. The lowest BCUT2D eigenvalue weighted by molar-refractivity contribution is 0.0981. The molecule has 2 rings (SSSR count). The zero-order valence-electron chi connectivity index (χ0n) is 10.0. The Morgan fingerprint density at radius 1 is 1.53 bits per heavy atom. The molecule has 2 aromatic rings. The Morgan fingerprint density at radius 2 is 2.35 bits per heavy atom. The maximum absolute atomic E-state index is 12.1. The Kier molecular flexibility index (Phi) is 3.68. The van der Waals surface area contributed by atoms with Gasteiger partial charge in [0.25, 0.3) is 0 Å². The predicted octanol–water partition coefficient (Wildman–Crippen LogP) is 2.48. The fourth-order valence-electron chi connectivity index (χ4n) is 1.70. The van der Waals surface area contributed by atoms with Crippen molar-refractivity contribution >= 4 is 17.1 Å². The molecule has 0 saturated carbocycles. The minimum Gasteiger partial charge on any atom is -0.292 e. The molecule has 17 heavy (non-hydrogen) atoms. The van der Waals surface area contributed by atoms with Crippen molar-refractivity contribution in [3.05, 3.63) is 34.0 Å². The van der Waals surface area contributed by atoms with E-state index >= 15 is 0 Å². The Morgan fingerprint density at radius 3 is 3.00 bits per heavy atom. The van der Waals surface area contributed by atoms with Gasteiger partial charge in [0.2, 0.25) is 0 Å². The normalized spacial score (nSPS) is 10.7. The first-order valence-electron chi connectivity index (χ1n) is 5.66. The Balaban J connectivity index is 2.11. The average Bonchev–Trinajstić information content (AvgIpc) is 2.88. The van der Waals surface area contributed by atoms with E-state index in [1.807, 2.05) is 12.3 Å². The highest BCUT2D eigenvalue weighted by Crippen LogP contribution is 2.11. The van der Waals surface area contributed by atoms with E-state index in [1.165, 1.54) is 0 Å². The number of nitrogens with zero attached hydrogens (tertiary/aromatic N) is 3. The molecule has 0 saturated heterocycles. The van der Waals surface area contributed by atoms with Crippen LogP contribution in [0.3, 0.4) is 0 Å². The lowest BCUT2D eigenvalue weighted by atomic mass is 10.2. The molecule has 0 radical (unpaired) electrons. The summed E-state index contributed by atoms with van der Waals surface area (Å²) in [7, 11) is 0. The van der Waals surface area contributed by atoms with Crippen LogP contribution in [0.1, 0.15) is 34.5 Å². The molecule has 0 N–H and O–H groups in total. The predicted molar refractivity (Wildman–Crippen MR) is 67.4 cm³/mol. The van der Waals surface area contributed by atoms with E-state index in [4.69, 9.17) is 0 Å².